The second-order valence-corrected chi connectivity index (χ2v) is 2.11. The Kier molecular flexibility index (Phi) is 4.33. The smallest absolute Gasteiger partial charge is 0.768 e. The van der Waals surface area contributed by atoms with Crippen molar-refractivity contribution in [1.29, 1.82) is 0 Å². The van der Waals surface area contributed by atoms with Gasteiger partial charge in [0, 0.05) is 6.20 Å². The number of nitrogens with zero attached hydrogens (tertiary/aromatic N) is 1. The average molecular weight is 154 g/mol. The first-order chi connectivity index (χ1) is 3.80. The summed E-state index contributed by atoms with van der Waals surface area (Å²) in [6, 6.07) is 0. The van der Waals surface area contributed by atoms with Crippen molar-refractivity contribution in [3.8, 4) is 0 Å². The summed E-state index contributed by atoms with van der Waals surface area (Å²) >= 11 is -2.14. The van der Waals surface area contributed by atoms with Crippen LogP contribution in [-0.2, 0) is 11.1 Å². The second-order valence-electron chi connectivity index (χ2n) is 1.17. The van der Waals surface area contributed by atoms with E-state index in [1.807, 2.05) is 0 Å². The molecule has 0 spiro atoms. The summed E-state index contributed by atoms with van der Waals surface area (Å²) in [5.41, 5.74) is 0. The number of aromatic amines is 1. The van der Waals surface area contributed by atoms with Crippen molar-refractivity contribution < 1.29 is 38.3 Å². The third-order valence-corrected chi connectivity index (χ3v) is 1.27. The number of aromatic nitrogens is 2. The van der Waals surface area contributed by atoms with Crippen LogP contribution in [0.2, 0.25) is 0 Å². The van der Waals surface area contributed by atoms with Crippen LogP contribution in [0.5, 0.6) is 0 Å². The Morgan fingerprint density at radius 1 is 1.78 bits per heavy atom. The minimum Gasteiger partial charge on any atom is -0.768 e. The summed E-state index contributed by atoms with van der Waals surface area (Å²) in [5.74, 6) is 0. The Labute approximate surface area is 76.6 Å². The maximum atomic E-state index is 10.0. The number of nitrogens with one attached hydrogen (secondary N) is 1. The molecule has 1 aromatic heterocycles. The van der Waals surface area contributed by atoms with Crippen LogP contribution < -0.4 is 29.6 Å². The van der Waals surface area contributed by atoms with E-state index in [0.717, 1.165) is 0 Å². The van der Waals surface area contributed by atoms with E-state index in [0.29, 0.717) is 0 Å². The molecular formula is C3H3N2NaO2S. The van der Waals surface area contributed by atoms with E-state index >= 15 is 0 Å². The van der Waals surface area contributed by atoms with E-state index < -0.39 is 11.1 Å². The molecule has 9 heavy (non-hydrogen) atoms. The third-order valence-electron chi connectivity index (χ3n) is 0.666. The molecule has 1 rings (SSSR count). The van der Waals surface area contributed by atoms with Crippen LogP contribution in [-0.4, -0.2) is 19.0 Å². The minimum absolute atomic E-state index is 0. The van der Waals surface area contributed by atoms with Crippen molar-refractivity contribution in [2.24, 2.45) is 0 Å². The summed E-state index contributed by atoms with van der Waals surface area (Å²) in [6.45, 7) is 0. The standard InChI is InChI=1S/C3H4N2O2S.Na/c6-8(7)3-1-4-5-2-3;/h1-2H,(H,4,5)(H,6,7);/q;+1/p-1. The van der Waals surface area contributed by atoms with Gasteiger partial charge in [-0.25, -0.2) is 0 Å². The molecule has 1 aromatic rings. The molecule has 0 aliphatic carbocycles. The number of rotatable bonds is 1. The number of hydrogen-bond donors (Lipinski definition) is 1. The van der Waals surface area contributed by atoms with Crippen molar-refractivity contribution in [2.45, 2.75) is 4.90 Å². The maximum Gasteiger partial charge on any atom is 1.00 e. The summed E-state index contributed by atoms with van der Waals surface area (Å²) in [4.78, 5) is 0.185. The fourth-order valence-electron chi connectivity index (χ4n) is 0.330. The van der Waals surface area contributed by atoms with Gasteiger partial charge in [0.2, 0.25) is 0 Å². The van der Waals surface area contributed by atoms with E-state index in [4.69, 9.17) is 0 Å². The van der Waals surface area contributed by atoms with Crippen molar-refractivity contribution in [3.63, 3.8) is 0 Å². The first-order valence-corrected chi connectivity index (χ1v) is 2.96. The molecule has 4 nitrogen and oxygen atoms in total. The molecule has 1 atom stereocenters. The van der Waals surface area contributed by atoms with Gasteiger partial charge < -0.3 is 4.55 Å². The number of H-pyrrole nitrogens is 1. The van der Waals surface area contributed by atoms with E-state index in [2.05, 4.69) is 10.2 Å². The zero-order valence-corrected chi connectivity index (χ0v) is 7.64. The van der Waals surface area contributed by atoms with Crippen molar-refractivity contribution in [3.05, 3.63) is 12.4 Å². The van der Waals surface area contributed by atoms with E-state index in [9.17, 15) is 8.76 Å². The zero-order valence-electron chi connectivity index (χ0n) is 4.83. The molecule has 0 amide bonds. The summed E-state index contributed by atoms with van der Waals surface area (Å²) in [5, 5.41) is 5.79. The Morgan fingerprint density at radius 2 is 2.44 bits per heavy atom. The Balaban J connectivity index is 0.000000640. The molecule has 44 valence electrons. The molecule has 0 saturated carbocycles. The van der Waals surface area contributed by atoms with E-state index in [1.165, 1.54) is 12.4 Å². The average Bonchev–Trinajstić information content (AvgIpc) is 2.12. The fourth-order valence-corrected chi connectivity index (χ4v) is 0.618. The van der Waals surface area contributed by atoms with Gasteiger partial charge in [0.05, 0.1) is 11.1 Å². The predicted octanol–water partition coefficient (Wildman–Crippen LogP) is -3.35. The molecule has 6 heteroatoms. The van der Waals surface area contributed by atoms with Crippen LogP contribution in [0.25, 0.3) is 0 Å². The predicted molar refractivity (Wildman–Crippen MR) is 25.8 cm³/mol. The summed E-state index contributed by atoms with van der Waals surface area (Å²) < 4.78 is 20.0. The van der Waals surface area contributed by atoms with Gasteiger partial charge in [-0.2, -0.15) is 5.10 Å². The SMILES string of the molecule is O=S([O-])c1cn[nH]c1.[Na+]. The van der Waals surface area contributed by atoms with E-state index in [-0.39, 0.29) is 34.5 Å². The Hall–Kier alpha value is 0.320. The van der Waals surface area contributed by atoms with Crippen molar-refractivity contribution in [1.82, 2.24) is 10.2 Å². The van der Waals surface area contributed by atoms with Gasteiger partial charge in [-0.3, -0.25) is 9.31 Å². The second kappa shape index (κ2) is 4.19. The summed E-state index contributed by atoms with van der Waals surface area (Å²) in [6.07, 6.45) is 2.55. The molecule has 0 aliphatic rings. The third kappa shape index (κ3) is 2.59. The minimum atomic E-state index is -2.14. The quantitative estimate of drug-likeness (QED) is 0.339. The van der Waals surface area contributed by atoms with Crippen LogP contribution in [0.4, 0.5) is 0 Å². The molecule has 0 fully saturated rings. The Morgan fingerprint density at radius 3 is 2.67 bits per heavy atom. The monoisotopic (exact) mass is 154 g/mol. The molecule has 0 aromatic carbocycles. The van der Waals surface area contributed by atoms with Crippen LogP contribution in [0.15, 0.2) is 17.3 Å². The summed E-state index contributed by atoms with van der Waals surface area (Å²) in [7, 11) is 0. The Bertz CT molecular complexity index is 188. The normalized spacial score (nSPS) is 12.1. The number of hydrogen-bond acceptors (Lipinski definition) is 3. The van der Waals surface area contributed by atoms with E-state index in [1.54, 1.807) is 0 Å². The van der Waals surface area contributed by atoms with Crippen LogP contribution >= 0.6 is 0 Å². The molecule has 0 radical (unpaired) electrons. The van der Waals surface area contributed by atoms with Crippen LogP contribution in [0, 0.1) is 0 Å². The van der Waals surface area contributed by atoms with Gasteiger partial charge in [0.1, 0.15) is 0 Å². The topological polar surface area (TPSA) is 68.8 Å². The molecule has 1 heterocycles. The first-order valence-electron chi connectivity index (χ1n) is 1.89. The van der Waals surface area contributed by atoms with Crippen molar-refractivity contribution >= 4 is 11.1 Å². The van der Waals surface area contributed by atoms with Crippen LogP contribution in [0.3, 0.4) is 0 Å². The molecule has 0 saturated heterocycles. The van der Waals surface area contributed by atoms with Crippen LogP contribution in [0.1, 0.15) is 0 Å². The van der Waals surface area contributed by atoms with Crippen molar-refractivity contribution in [2.75, 3.05) is 0 Å². The van der Waals surface area contributed by atoms with Gasteiger partial charge in [-0.05, 0) is 11.1 Å². The first kappa shape index (κ1) is 9.32. The largest absolute Gasteiger partial charge is 1.00 e. The van der Waals surface area contributed by atoms with Gasteiger partial charge >= 0.3 is 29.6 Å². The van der Waals surface area contributed by atoms with Gasteiger partial charge in [-0.1, -0.05) is 0 Å². The molecule has 0 aliphatic heterocycles. The van der Waals surface area contributed by atoms with Gasteiger partial charge in [0.25, 0.3) is 0 Å². The molecular weight excluding hydrogens is 151 g/mol. The zero-order chi connectivity index (χ0) is 5.98. The van der Waals surface area contributed by atoms with Gasteiger partial charge in [-0.15, -0.1) is 0 Å². The maximum absolute atomic E-state index is 10.0. The molecule has 1 N–H and O–H groups in total. The molecule has 1 unspecified atom stereocenters. The van der Waals surface area contributed by atoms with Gasteiger partial charge in [0.15, 0.2) is 0 Å². The molecule has 0 bridgehead atoms. The fraction of sp³-hybridized carbons (Fsp3) is 0.